The Bertz CT molecular complexity index is 1140. The fraction of sp³-hybridized carbons (Fsp3) is 0.412. The molecule has 0 aromatic heterocycles. The average molecular weight is 545 g/mol. The highest BCUT2D eigenvalue weighted by atomic mass is 16.3. The van der Waals surface area contributed by atoms with E-state index in [-0.39, 0.29) is 23.3 Å². The number of unbranched alkanes of at least 4 members (excludes halogenated alkanes) is 8. The molecule has 0 atom stereocenters. The number of benzene rings is 3. The molecule has 3 aromatic carbocycles. The summed E-state index contributed by atoms with van der Waals surface area (Å²) in [6, 6.07) is 17.2. The highest BCUT2D eigenvalue weighted by Gasteiger charge is 2.18. The summed E-state index contributed by atoms with van der Waals surface area (Å²) < 4.78 is 0. The molecule has 3 rings (SSSR count). The van der Waals surface area contributed by atoms with Gasteiger partial charge in [-0.2, -0.15) is 0 Å². The Labute approximate surface area is 238 Å². The molecule has 0 saturated heterocycles. The van der Waals surface area contributed by atoms with Crippen LogP contribution in [0.3, 0.4) is 0 Å². The third-order valence-electron chi connectivity index (χ3n) is 7.21. The lowest BCUT2D eigenvalue weighted by atomic mass is 9.99. The first-order chi connectivity index (χ1) is 19.4. The van der Waals surface area contributed by atoms with Gasteiger partial charge in [-0.15, -0.1) is 0 Å². The summed E-state index contributed by atoms with van der Waals surface area (Å²) in [5.41, 5.74) is 3.38. The zero-order valence-electron chi connectivity index (χ0n) is 24.0. The zero-order chi connectivity index (χ0) is 28.7. The second-order valence-corrected chi connectivity index (χ2v) is 10.4. The van der Waals surface area contributed by atoms with E-state index in [1.165, 1.54) is 50.7 Å². The van der Waals surface area contributed by atoms with Crippen LogP contribution in [0, 0.1) is 0 Å². The van der Waals surface area contributed by atoms with Gasteiger partial charge in [-0.05, 0) is 73.2 Å². The number of amides is 2. The number of aromatic hydroxyl groups is 2. The van der Waals surface area contributed by atoms with Gasteiger partial charge >= 0.3 is 0 Å². The van der Waals surface area contributed by atoms with Gasteiger partial charge in [-0.25, -0.2) is 0 Å². The van der Waals surface area contributed by atoms with Gasteiger partial charge in [0.1, 0.15) is 11.5 Å². The Morgan fingerprint density at radius 3 is 1.30 bits per heavy atom. The van der Waals surface area contributed by atoms with Crippen LogP contribution in [0.2, 0.25) is 0 Å². The van der Waals surface area contributed by atoms with E-state index in [0.29, 0.717) is 22.5 Å². The predicted molar refractivity (Wildman–Crippen MR) is 163 cm³/mol. The molecule has 0 aliphatic carbocycles. The van der Waals surface area contributed by atoms with Crippen molar-refractivity contribution in [3.05, 3.63) is 82.9 Å². The lowest BCUT2D eigenvalue weighted by molar-refractivity contribution is 0.101. The second-order valence-electron chi connectivity index (χ2n) is 10.4. The van der Waals surface area contributed by atoms with E-state index in [9.17, 15) is 19.8 Å². The Morgan fingerprint density at radius 2 is 0.925 bits per heavy atom. The molecule has 2 amide bonds. The highest BCUT2D eigenvalue weighted by molar-refractivity contribution is 6.08. The Balaban J connectivity index is 1.62. The Kier molecular flexibility index (Phi) is 12.6. The van der Waals surface area contributed by atoms with Crippen LogP contribution in [0.15, 0.2) is 60.7 Å². The van der Waals surface area contributed by atoms with Gasteiger partial charge in [0.25, 0.3) is 11.8 Å². The maximum Gasteiger partial charge on any atom is 0.259 e. The van der Waals surface area contributed by atoms with Gasteiger partial charge in [0, 0.05) is 11.4 Å². The number of carbonyl (C=O) groups excluding carboxylic acids is 2. The number of nitrogens with one attached hydrogen (secondary N) is 2. The third kappa shape index (κ3) is 9.15. The third-order valence-corrected chi connectivity index (χ3v) is 7.21. The number of phenols is 2. The first kappa shape index (κ1) is 30.7. The number of aryl methyl sites for hydroxylation is 2. The van der Waals surface area contributed by atoms with Gasteiger partial charge in [0.15, 0.2) is 0 Å². The number of phenolic OH excluding ortho intramolecular Hbond substituents is 2. The topological polar surface area (TPSA) is 98.7 Å². The Morgan fingerprint density at radius 1 is 0.550 bits per heavy atom. The molecule has 0 unspecified atom stereocenters. The van der Waals surface area contributed by atoms with Crippen molar-refractivity contribution in [2.45, 2.75) is 90.9 Å². The lowest BCUT2D eigenvalue weighted by Gasteiger charge is -2.14. The summed E-state index contributed by atoms with van der Waals surface area (Å²) in [6.07, 6.45) is 12.7. The SMILES string of the molecule is CCCCCCCc1cccc(O)c1C(=O)Nc1ccc(NC(=O)c2c(O)cccc2CCCCCCC)cc1. The number of hydrogen-bond donors (Lipinski definition) is 4. The van der Waals surface area contributed by atoms with Crippen molar-refractivity contribution in [2.75, 3.05) is 10.6 Å². The van der Waals surface area contributed by atoms with Crippen LogP contribution in [-0.2, 0) is 12.8 Å². The molecule has 0 fully saturated rings. The van der Waals surface area contributed by atoms with Gasteiger partial charge in [-0.1, -0.05) is 89.5 Å². The molecule has 0 saturated carbocycles. The van der Waals surface area contributed by atoms with E-state index in [1.54, 1.807) is 36.4 Å². The predicted octanol–water partition coefficient (Wildman–Crippen LogP) is 8.63. The molecular formula is C34H44N2O4. The molecule has 0 spiro atoms. The van der Waals surface area contributed by atoms with Crippen molar-refractivity contribution in [1.82, 2.24) is 0 Å². The number of anilines is 2. The molecule has 6 heteroatoms. The smallest absolute Gasteiger partial charge is 0.259 e. The molecule has 0 radical (unpaired) electrons. The maximum absolute atomic E-state index is 13.1. The molecule has 6 nitrogen and oxygen atoms in total. The Hall–Kier alpha value is -3.80. The van der Waals surface area contributed by atoms with Gasteiger partial charge in [-0.3, -0.25) is 9.59 Å². The van der Waals surface area contributed by atoms with E-state index in [4.69, 9.17) is 0 Å². The first-order valence-corrected chi connectivity index (χ1v) is 14.8. The van der Waals surface area contributed by atoms with Crippen LogP contribution in [0.25, 0.3) is 0 Å². The largest absolute Gasteiger partial charge is 0.507 e. The molecule has 40 heavy (non-hydrogen) atoms. The van der Waals surface area contributed by atoms with Crippen LogP contribution in [0.1, 0.15) is 110 Å². The monoisotopic (exact) mass is 544 g/mol. The van der Waals surface area contributed by atoms with E-state index in [0.717, 1.165) is 49.7 Å². The fourth-order valence-electron chi connectivity index (χ4n) is 4.98. The molecule has 0 bridgehead atoms. The highest BCUT2D eigenvalue weighted by Crippen LogP contribution is 2.27. The maximum atomic E-state index is 13.1. The summed E-state index contributed by atoms with van der Waals surface area (Å²) in [7, 11) is 0. The fourth-order valence-corrected chi connectivity index (χ4v) is 4.98. The van der Waals surface area contributed by atoms with Crippen molar-refractivity contribution >= 4 is 23.2 Å². The number of rotatable bonds is 16. The van der Waals surface area contributed by atoms with E-state index in [2.05, 4.69) is 24.5 Å². The quantitative estimate of drug-likeness (QED) is 0.136. The minimum Gasteiger partial charge on any atom is -0.507 e. The van der Waals surface area contributed by atoms with Crippen molar-refractivity contribution < 1.29 is 19.8 Å². The van der Waals surface area contributed by atoms with Crippen molar-refractivity contribution in [2.24, 2.45) is 0 Å². The van der Waals surface area contributed by atoms with Crippen LogP contribution < -0.4 is 10.6 Å². The van der Waals surface area contributed by atoms with Gasteiger partial charge < -0.3 is 20.8 Å². The second kappa shape index (κ2) is 16.3. The van der Waals surface area contributed by atoms with Crippen molar-refractivity contribution in [3.63, 3.8) is 0 Å². The first-order valence-electron chi connectivity index (χ1n) is 14.8. The van der Waals surface area contributed by atoms with Crippen LogP contribution in [-0.4, -0.2) is 22.0 Å². The summed E-state index contributed by atoms with van der Waals surface area (Å²) in [4.78, 5) is 26.2. The number of carbonyl (C=O) groups is 2. The minimum atomic E-state index is -0.365. The molecule has 4 N–H and O–H groups in total. The van der Waals surface area contributed by atoms with Crippen molar-refractivity contribution in [3.8, 4) is 11.5 Å². The molecule has 0 aliphatic heterocycles. The minimum absolute atomic E-state index is 0.0312. The van der Waals surface area contributed by atoms with Gasteiger partial charge in [0.05, 0.1) is 11.1 Å². The standard InChI is InChI=1S/C34H44N2O4/c1-3-5-7-9-11-15-25-17-13-19-29(37)31(25)33(39)35-27-21-23-28(24-22-27)36-34(40)32-26(18-14-20-30(32)38)16-12-10-8-6-4-2/h13-14,17-24,37-38H,3-12,15-16H2,1-2H3,(H,35,39)(H,36,40). The average Bonchev–Trinajstić information content (AvgIpc) is 2.94. The molecule has 0 heterocycles. The molecule has 214 valence electrons. The summed E-state index contributed by atoms with van der Waals surface area (Å²) in [5, 5.41) is 26.6. The molecular weight excluding hydrogens is 500 g/mol. The van der Waals surface area contributed by atoms with E-state index >= 15 is 0 Å². The zero-order valence-corrected chi connectivity index (χ0v) is 24.0. The van der Waals surface area contributed by atoms with Crippen molar-refractivity contribution in [1.29, 1.82) is 0 Å². The summed E-state index contributed by atoms with van der Waals surface area (Å²) in [5.74, 6) is -0.792. The van der Waals surface area contributed by atoms with Crippen LogP contribution in [0.4, 0.5) is 11.4 Å². The van der Waals surface area contributed by atoms with Crippen LogP contribution >= 0.6 is 0 Å². The molecule has 0 aliphatic rings. The van der Waals surface area contributed by atoms with E-state index < -0.39 is 0 Å². The molecule has 3 aromatic rings. The summed E-state index contributed by atoms with van der Waals surface area (Å²) in [6.45, 7) is 4.36. The lowest BCUT2D eigenvalue weighted by Crippen LogP contribution is -2.16. The number of hydrogen-bond acceptors (Lipinski definition) is 4. The van der Waals surface area contributed by atoms with E-state index in [1.807, 2.05) is 12.1 Å². The van der Waals surface area contributed by atoms with Crippen LogP contribution in [0.5, 0.6) is 11.5 Å². The normalized spacial score (nSPS) is 10.8. The van der Waals surface area contributed by atoms with Gasteiger partial charge in [0.2, 0.25) is 0 Å². The summed E-state index contributed by atoms with van der Waals surface area (Å²) >= 11 is 0.